The summed E-state index contributed by atoms with van der Waals surface area (Å²) in [5.41, 5.74) is 3.56. The van der Waals surface area contributed by atoms with E-state index in [-0.39, 0.29) is 5.78 Å². The molecule has 0 saturated carbocycles. The molecule has 126 valence electrons. The van der Waals surface area contributed by atoms with Crippen LogP contribution in [0.15, 0.2) is 54.7 Å². The summed E-state index contributed by atoms with van der Waals surface area (Å²) in [6, 6.07) is 15.3. The Labute approximate surface area is 146 Å². The number of anilines is 4. The Balaban J connectivity index is 1.80. The van der Waals surface area contributed by atoms with Crippen molar-refractivity contribution in [2.24, 2.45) is 0 Å². The first-order valence-corrected chi connectivity index (χ1v) is 8.08. The molecule has 6 nitrogen and oxygen atoms in total. The third kappa shape index (κ3) is 4.17. The Kier molecular flexibility index (Phi) is 4.99. The van der Waals surface area contributed by atoms with Crippen LogP contribution < -0.4 is 10.6 Å². The molecule has 6 heteroatoms. The number of aromatic nitrogens is 3. The van der Waals surface area contributed by atoms with Crippen molar-refractivity contribution in [3.05, 3.63) is 65.9 Å². The normalized spacial score (nSPS) is 10.3. The molecule has 0 atom stereocenters. The van der Waals surface area contributed by atoms with E-state index in [1.165, 1.54) is 12.5 Å². The van der Waals surface area contributed by atoms with Crippen LogP contribution >= 0.6 is 0 Å². The number of hydrogen-bond acceptors (Lipinski definition) is 6. The molecule has 2 aromatic carbocycles. The standard InChI is InChI=1S/C19H19N5O/c1-3-14-7-4-5-10-17(14)22-18-12-20-24-19(23-18)21-16-9-6-8-15(11-16)13(2)25/h4-12H,3H2,1-2H3,(H2,21,22,23,24). The fraction of sp³-hybridized carbons (Fsp3) is 0.158. The molecule has 0 fully saturated rings. The molecule has 0 aliphatic carbocycles. The number of ketones is 1. The average molecular weight is 333 g/mol. The van der Waals surface area contributed by atoms with Crippen molar-refractivity contribution in [1.82, 2.24) is 15.2 Å². The van der Waals surface area contributed by atoms with Gasteiger partial charge in [-0.3, -0.25) is 4.79 Å². The summed E-state index contributed by atoms with van der Waals surface area (Å²) in [4.78, 5) is 15.9. The first kappa shape index (κ1) is 16.6. The van der Waals surface area contributed by atoms with Crippen LogP contribution in [0, 0.1) is 0 Å². The molecule has 0 saturated heterocycles. The molecule has 0 radical (unpaired) electrons. The van der Waals surface area contributed by atoms with E-state index in [1.807, 2.05) is 30.3 Å². The van der Waals surface area contributed by atoms with Gasteiger partial charge in [-0.15, -0.1) is 5.10 Å². The maximum Gasteiger partial charge on any atom is 0.249 e. The van der Waals surface area contributed by atoms with Gasteiger partial charge in [0.15, 0.2) is 11.6 Å². The summed E-state index contributed by atoms with van der Waals surface area (Å²) in [5.74, 6) is 0.968. The van der Waals surface area contributed by atoms with Crippen LogP contribution in [0.5, 0.6) is 0 Å². The highest BCUT2D eigenvalue weighted by Gasteiger charge is 2.06. The number of aryl methyl sites for hydroxylation is 1. The van der Waals surface area contributed by atoms with Crippen LogP contribution in [0.3, 0.4) is 0 Å². The molecular weight excluding hydrogens is 314 g/mol. The molecule has 1 heterocycles. The number of Topliss-reactive ketones (excluding diaryl/α,β-unsaturated/α-hetero) is 1. The smallest absolute Gasteiger partial charge is 0.249 e. The molecule has 1 aromatic heterocycles. The predicted octanol–water partition coefficient (Wildman–Crippen LogP) is 4.12. The van der Waals surface area contributed by atoms with Crippen molar-refractivity contribution < 1.29 is 4.79 Å². The summed E-state index contributed by atoms with van der Waals surface area (Å²) in [6.07, 6.45) is 2.49. The lowest BCUT2D eigenvalue weighted by atomic mass is 10.1. The molecule has 3 aromatic rings. The van der Waals surface area contributed by atoms with E-state index in [2.05, 4.69) is 38.8 Å². The van der Waals surface area contributed by atoms with E-state index < -0.39 is 0 Å². The van der Waals surface area contributed by atoms with Crippen molar-refractivity contribution >= 4 is 28.9 Å². The van der Waals surface area contributed by atoms with Crippen LogP contribution in [0.1, 0.15) is 29.8 Å². The van der Waals surface area contributed by atoms with Crippen LogP contribution in [0.4, 0.5) is 23.1 Å². The molecule has 0 bridgehead atoms. The highest BCUT2D eigenvalue weighted by Crippen LogP contribution is 2.21. The first-order chi connectivity index (χ1) is 12.2. The van der Waals surface area contributed by atoms with Crippen LogP contribution in [0.2, 0.25) is 0 Å². The van der Waals surface area contributed by atoms with Gasteiger partial charge in [0, 0.05) is 16.9 Å². The monoisotopic (exact) mass is 333 g/mol. The zero-order chi connectivity index (χ0) is 17.6. The summed E-state index contributed by atoms with van der Waals surface area (Å²) in [7, 11) is 0. The lowest BCUT2D eigenvalue weighted by Crippen LogP contribution is -2.04. The van der Waals surface area contributed by atoms with Gasteiger partial charge in [-0.2, -0.15) is 10.1 Å². The van der Waals surface area contributed by atoms with E-state index in [1.54, 1.807) is 18.3 Å². The first-order valence-electron chi connectivity index (χ1n) is 8.08. The minimum Gasteiger partial charge on any atom is -0.339 e. The Morgan fingerprint density at radius 2 is 1.92 bits per heavy atom. The number of hydrogen-bond donors (Lipinski definition) is 2. The number of nitrogens with one attached hydrogen (secondary N) is 2. The predicted molar refractivity (Wildman–Crippen MR) is 98.7 cm³/mol. The number of nitrogens with zero attached hydrogens (tertiary/aromatic N) is 3. The lowest BCUT2D eigenvalue weighted by Gasteiger charge is -2.11. The highest BCUT2D eigenvalue weighted by atomic mass is 16.1. The van der Waals surface area contributed by atoms with Crippen molar-refractivity contribution in [3.63, 3.8) is 0 Å². The van der Waals surface area contributed by atoms with Gasteiger partial charge in [0.1, 0.15) is 0 Å². The summed E-state index contributed by atoms with van der Waals surface area (Å²) in [5, 5.41) is 14.3. The van der Waals surface area contributed by atoms with E-state index in [4.69, 9.17) is 0 Å². The Morgan fingerprint density at radius 3 is 2.72 bits per heavy atom. The summed E-state index contributed by atoms with van der Waals surface area (Å²) in [6.45, 7) is 3.64. The third-order valence-electron chi connectivity index (χ3n) is 3.75. The molecule has 2 N–H and O–H groups in total. The van der Waals surface area contributed by atoms with Gasteiger partial charge in [0.05, 0.1) is 6.20 Å². The number of rotatable bonds is 6. The van der Waals surface area contributed by atoms with Crippen LogP contribution in [-0.4, -0.2) is 21.0 Å². The zero-order valence-electron chi connectivity index (χ0n) is 14.2. The van der Waals surface area contributed by atoms with Gasteiger partial charge in [-0.1, -0.05) is 37.3 Å². The van der Waals surface area contributed by atoms with Crippen molar-refractivity contribution in [1.29, 1.82) is 0 Å². The van der Waals surface area contributed by atoms with Gasteiger partial charge >= 0.3 is 0 Å². The van der Waals surface area contributed by atoms with E-state index >= 15 is 0 Å². The second-order valence-electron chi connectivity index (χ2n) is 5.56. The van der Waals surface area contributed by atoms with E-state index in [9.17, 15) is 4.79 Å². The summed E-state index contributed by atoms with van der Waals surface area (Å²) >= 11 is 0. The second kappa shape index (κ2) is 7.53. The minimum atomic E-state index is 0.00860. The molecule has 0 unspecified atom stereocenters. The summed E-state index contributed by atoms with van der Waals surface area (Å²) < 4.78 is 0. The topological polar surface area (TPSA) is 79.8 Å². The Morgan fingerprint density at radius 1 is 1.08 bits per heavy atom. The maximum atomic E-state index is 11.5. The third-order valence-corrected chi connectivity index (χ3v) is 3.75. The highest BCUT2D eigenvalue weighted by molar-refractivity contribution is 5.95. The largest absolute Gasteiger partial charge is 0.339 e. The average Bonchev–Trinajstić information content (AvgIpc) is 2.63. The van der Waals surface area contributed by atoms with Gasteiger partial charge in [-0.05, 0) is 37.1 Å². The van der Waals surface area contributed by atoms with Crippen molar-refractivity contribution in [3.8, 4) is 0 Å². The van der Waals surface area contributed by atoms with Gasteiger partial charge < -0.3 is 10.6 Å². The SMILES string of the molecule is CCc1ccccc1Nc1cnnc(Nc2cccc(C(C)=O)c2)n1. The fourth-order valence-corrected chi connectivity index (χ4v) is 2.45. The van der Waals surface area contributed by atoms with Gasteiger partial charge in [-0.25, -0.2) is 0 Å². The molecule has 0 amide bonds. The van der Waals surface area contributed by atoms with Crippen LogP contribution in [-0.2, 0) is 6.42 Å². The minimum absolute atomic E-state index is 0.00860. The van der Waals surface area contributed by atoms with Crippen molar-refractivity contribution in [2.75, 3.05) is 10.6 Å². The Hall–Kier alpha value is -3.28. The molecule has 0 spiro atoms. The quantitative estimate of drug-likeness (QED) is 0.660. The van der Waals surface area contributed by atoms with E-state index in [0.29, 0.717) is 17.3 Å². The van der Waals surface area contributed by atoms with Gasteiger partial charge in [0.2, 0.25) is 5.95 Å². The lowest BCUT2D eigenvalue weighted by molar-refractivity contribution is 0.101. The fourth-order valence-electron chi connectivity index (χ4n) is 2.45. The molecular formula is C19H19N5O. The number of para-hydroxylation sites is 1. The molecule has 3 rings (SSSR count). The maximum absolute atomic E-state index is 11.5. The second-order valence-corrected chi connectivity index (χ2v) is 5.56. The van der Waals surface area contributed by atoms with Crippen LogP contribution in [0.25, 0.3) is 0 Å². The number of carbonyl (C=O) groups is 1. The molecule has 0 aliphatic rings. The molecule has 25 heavy (non-hydrogen) atoms. The Bertz CT molecular complexity index is 894. The van der Waals surface area contributed by atoms with E-state index in [0.717, 1.165) is 17.8 Å². The zero-order valence-corrected chi connectivity index (χ0v) is 14.2. The molecule has 0 aliphatic heterocycles. The van der Waals surface area contributed by atoms with Crippen molar-refractivity contribution in [2.45, 2.75) is 20.3 Å². The van der Waals surface area contributed by atoms with Gasteiger partial charge in [0.25, 0.3) is 0 Å². The number of carbonyl (C=O) groups excluding carboxylic acids is 1. The number of benzene rings is 2.